The first kappa shape index (κ1) is 20.4. The zero-order chi connectivity index (χ0) is 21.8. The van der Waals surface area contributed by atoms with Crippen LogP contribution in [0.15, 0.2) is 63.5 Å². The molecule has 1 N–H and O–H groups in total. The lowest BCUT2D eigenvalue weighted by Gasteiger charge is -2.09. The van der Waals surface area contributed by atoms with Crippen LogP contribution in [-0.4, -0.2) is 32.2 Å². The van der Waals surface area contributed by atoms with Crippen molar-refractivity contribution in [1.29, 1.82) is 0 Å². The summed E-state index contributed by atoms with van der Waals surface area (Å²) < 4.78 is 22.1. The Morgan fingerprint density at radius 1 is 1.03 bits per heavy atom. The van der Waals surface area contributed by atoms with Crippen LogP contribution in [0.4, 0.5) is 10.8 Å². The lowest BCUT2D eigenvalue weighted by molar-refractivity contribution is 0.102. The monoisotopic (exact) mass is 437 g/mol. The van der Waals surface area contributed by atoms with Crippen LogP contribution in [-0.2, 0) is 0 Å². The van der Waals surface area contributed by atoms with Crippen LogP contribution in [0.25, 0.3) is 11.0 Å². The van der Waals surface area contributed by atoms with Gasteiger partial charge in [-0.25, -0.2) is 9.98 Å². The summed E-state index contributed by atoms with van der Waals surface area (Å²) in [7, 11) is 4.65. The van der Waals surface area contributed by atoms with Crippen molar-refractivity contribution in [3.8, 4) is 17.2 Å². The Kier molecular flexibility index (Phi) is 5.85. The van der Waals surface area contributed by atoms with Crippen molar-refractivity contribution in [2.45, 2.75) is 0 Å². The van der Waals surface area contributed by atoms with Crippen LogP contribution in [0.2, 0.25) is 0 Å². The van der Waals surface area contributed by atoms with Gasteiger partial charge in [0.1, 0.15) is 5.56 Å². The van der Waals surface area contributed by atoms with Crippen LogP contribution in [0.5, 0.6) is 17.2 Å². The minimum absolute atomic E-state index is 0.123. The Bertz CT molecular complexity index is 1300. The number of nitrogens with one attached hydrogen (secondary N) is 1. The third-order valence-corrected chi connectivity index (χ3v) is 5.14. The average Bonchev–Trinajstić information content (AvgIpc) is 3.31. The van der Waals surface area contributed by atoms with Crippen molar-refractivity contribution in [2.75, 3.05) is 26.6 Å². The fourth-order valence-corrected chi connectivity index (χ4v) is 3.52. The molecule has 0 aliphatic carbocycles. The molecule has 0 saturated heterocycles. The van der Waals surface area contributed by atoms with Gasteiger partial charge in [0, 0.05) is 23.0 Å². The molecular formula is C22H19N3O5S. The minimum atomic E-state index is -0.386. The van der Waals surface area contributed by atoms with Crippen LogP contribution in [0, 0.1) is 0 Å². The van der Waals surface area contributed by atoms with Crippen molar-refractivity contribution in [3.05, 3.63) is 65.2 Å². The SMILES string of the molecule is COc1ccc(N=c2oc3c(OC)cccc3cc2C(=O)Nc2nccs2)cc1OC. The second-order valence-electron chi connectivity index (χ2n) is 6.29. The molecule has 0 atom stereocenters. The summed E-state index contributed by atoms with van der Waals surface area (Å²) in [5, 5.41) is 5.73. The molecule has 9 heteroatoms. The number of hydrogen-bond donors (Lipinski definition) is 1. The van der Waals surface area contributed by atoms with Gasteiger partial charge in [0.25, 0.3) is 5.91 Å². The van der Waals surface area contributed by atoms with E-state index in [0.29, 0.717) is 39.0 Å². The van der Waals surface area contributed by atoms with Crippen molar-refractivity contribution in [1.82, 2.24) is 4.98 Å². The molecular weight excluding hydrogens is 418 g/mol. The average molecular weight is 437 g/mol. The quantitative estimate of drug-likeness (QED) is 0.480. The zero-order valence-electron chi connectivity index (χ0n) is 17.0. The number of hydrogen-bond acceptors (Lipinski definition) is 8. The van der Waals surface area contributed by atoms with E-state index in [-0.39, 0.29) is 17.0 Å². The molecule has 4 rings (SSSR count). The molecule has 0 aliphatic heterocycles. The van der Waals surface area contributed by atoms with Gasteiger partial charge in [-0.05, 0) is 24.3 Å². The molecule has 0 saturated carbocycles. The number of amides is 1. The highest BCUT2D eigenvalue weighted by atomic mass is 32.1. The number of rotatable bonds is 6. The van der Waals surface area contributed by atoms with Gasteiger partial charge in [0.15, 0.2) is 28.0 Å². The van der Waals surface area contributed by atoms with Gasteiger partial charge in [0.2, 0.25) is 5.55 Å². The summed E-state index contributed by atoms with van der Waals surface area (Å²) in [5.74, 6) is 1.23. The van der Waals surface area contributed by atoms with E-state index in [2.05, 4.69) is 15.3 Å². The van der Waals surface area contributed by atoms with E-state index < -0.39 is 0 Å². The van der Waals surface area contributed by atoms with Crippen LogP contribution in [0.3, 0.4) is 0 Å². The normalized spacial score (nSPS) is 11.4. The molecule has 2 aromatic carbocycles. The Balaban J connectivity index is 1.90. The van der Waals surface area contributed by atoms with Gasteiger partial charge >= 0.3 is 0 Å². The number of nitrogens with zero attached hydrogens (tertiary/aromatic N) is 2. The Morgan fingerprint density at radius 3 is 2.55 bits per heavy atom. The summed E-state index contributed by atoms with van der Waals surface area (Å²) in [5.41, 5.74) is 1.39. The topological polar surface area (TPSA) is 95.2 Å². The van der Waals surface area contributed by atoms with Gasteiger partial charge < -0.3 is 18.6 Å². The highest BCUT2D eigenvalue weighted by Crippen LogP contribution is 2.31. The van der Waals surface area contributed by atoms with E-state index in [1.165, 1.54) is 11.3 Å². The highest BCUT2D eigenvalue weighted by molar-refractivity contribution is 7.13. The maximum Gasteiger partial charge on any atom is 0.262 e. The lowest BCUT2D eigenvalue weighted by atomic mass is 10.1. The molecule has 0 spiro atoms. The second-order valence-corrected chi connectivity index (χ2v) is 7.18. The molecule has 2 aromatic heterocycles. The number of carbonyl (C=O) groups is 1. The number of benzene rings is 2. The predicted molar refractivity (Wildman–Crippen MR) is 118 cm³/mol. The number of para-hydroxylation sites is 1. The van der Waals surface area contributed by atoms with Gasteiger partial charge in [-0.2, -0.15) is 0 Å². The smallest absolute Gasteiger partial charge is 0.262 e. The molecule has 158 valence electrons. The highest BCUT2D eigenvalue weighted by Gasteiger charge is 2.16. The van der Waals surface area contributed by atoms with E-state index in [0.717, 1.165) is 0 Å². The van der Waals surface area contributed by atoms with Gasteiger partial charge in [0.05, 0.1) is 27.0 Å². The first-order valence-corrected chi connectivity index (χ1v) is 10.1. The van der Waals surface area contributed by atoms with Crippen molar-refractivity contribution in [2.24, 2.45) is 4.99 Å². The molecule has 0 unspecified atom stereocenters. The van der Waals surface area contributed by atoms with Gasteiger partial charge in [-0.3, -0.25) is 10.1 Å². The van der Waals surface area contributed by atoms with Crippen LogP contribution in [0.1, 0.15) is 10.4 Å². The van der Waals surface area contributed by atoms with E-state index >= 15 is 0 Å². The van der Waals surface area contributed by atoms with E-state index in [9.17, 15) is 4.79 Å². The van der Waals surface area contributed by atoms with Crippen LogP contribution >= 0.6 is 11.3 Å². The summed E-state index contributed by atoms with van der Waals surface area (Å²) in [6.45, 7) is 0. The predicted octanol–water partition coefficient (Wildman–Crippen LogP) is 4.40. The number of methoxy groups -OCH3 is 3. The number of aromatic nitrogens is 1. The number of thiazole rings is 1. The lowest BCUT2D eigenvalue weighted by Crippen LogP contribution is -2.21. The van der Waals surface area contributed by atoms with E-state index in [1.54, 1.807) is 63.2 Å². The molecule has 4 aromatic rings. The molecule has 0 bridgehead atoms. The maximum absolute atomic E-state index is 13.0. The summed E-state index contributed by atoms with van der Waals surface area (Å²) in [6.07, 6.45) is 1.62. The summed E-state index contributed by atoms with van der Waals surface area (Å²) in [6, 6.07) is 12.3. The second kappa shape index (κ2) is 8.88. The summed E-state index contributed by atoms with van der Waals surface area (Å²) in [4.78, 5) is 21.7. The molecule has 0 aliphatic rings. The first-order chi connectivity index (χ1) is 15.1. The molecule has 0 fully saturated rings. The number of anilines is 1. The fraction of sp³-hybridized carbons (Fsp3) is 0.136. The first-order valence-electron chi connectivity index (χ1n) is 9.21. The number of fused-ring (bicyclic) bond motifs is 1. The zero-order valence-corrected chi connectivity index (χ0v) is 17.9. The number of ether oxygens (including phenoxy) is 3. The molecule has 1 amide bonds. The third kappa shape index (κ3) is 4.22. The Morgan fingerprint density at radius 2 is 1.84 bits per heavy atom. The van der Waals surface area contributed by atoms with Crippen LogP contribution < -0.4 is 25.1 Å². The molecule has 2 heterocycles. The minimum Gasteiger partial charge on any atom is -0.493 e. The molecule has 0 radical (unpaired) electrons. The Labute approximate surface area is 181 Å². The standard InChI is InChI=1S/C22H19N3O5S/c1-27-16-8-7-14(12-18(16)29-3)24-21-15(20(26)25-22-23-9-10-31-22)11-13-5-4-6-17(28-2)19(13)30-21/h4-12H,1-3H3,(H,23,25,26). The molecule has 31 heavy (non-hydrogen) atoms. The molecule has 8 nitrogen and oxygen atoms in total. The van der Waals surface area contributed by atoms with Crippen molar-refractivity contribution < 1.29 is 23.4 Å². The van der Waals surface area contributed by atoms with Crippen molar-refractivity contribution >= 4 is 39.0 Å². The Hall–Kier alpha value is -3.85. The van der Waals surface area contributed by atoms with E-state index in [4.69, 9.17) is 18.6 Å². The van der Waals surface area contributed by atoms with Crippen molar-refractivity contribution in [3.63, 3.8) is 0 Å². The maximum atomic E-state index is 13.0. The largest absolute Gasteiger partial charge is 0.493 e. The summed E-state index contributed by atoms with van der Waals surface area (Å²) >= 11 is 1.32. The van der Waals surface area contributed by atoms with Gasteiger partial charge in [-0.1, -0.05) is 12.1 Å². The fourth-order valence-electron chi connectivity index (χ4n) is 2.99. The van der Waals surface area contributed by atoms with Gasteiger partial charge in [-0.15, -0.1) is 11.3 Å². The van der Waals surface area contributed by atoms with E-state index in [1.807, 2.05) is 12.1 Å². The number of carbonyl (C=O) groups excluding carboxylic acids is 1. The third-order valence-electron chi connectivity index (χ3n) is 4.45.